The van der Waals surface area contributed by atoms with Gasteiger partial charge in [0.05, 0.1) is 11.9 Å². The summed E-state index contributed by atoms with van der Waals surface area (Å²) in [5.74, 6) is 0.364. The molecule has 0 N–H and O–H groups in total. The number of carbonyl (C=O) groups excluding carboxylic acids is 1. The van der Waals surface area contributed by atoms with E-state index in [0.717, 1.165) is 18.8 Å². The molecule has 2 aromatic rings. The number of pyridine rings is 1. The third kappa shape index (κ3) is 2.31. The van der Waals surface area contributed by atoms with Gasteiger partial charge >= 0.3 is 0 Å². The fourth-order valence-corrected chi connectivity index (χ4v) is 2.16. The molecule has 5 heteroatoms. The number of hydrogen-bond donors (Lipinski definition) is 0. The van der Waals surface area contributed by atoms with E-state index in [1.807, 2.05) is 19.1 Å². The van der Waals surface area contributed by atoms with Crippen LogP contribution in [-0.4, -0.2) is 38.8 Å². The van der Waals surface area contributed by atoms with Crippen LogP contribution in [-0.2, 0) is 0 Å². The first-order valence-corrected chi connectivity index (χ1v) is 6.22. The number of rotatable bonds is 2. The van der Waals surface area contributed by atoms with E-state index in [2.05, 4.69) is 15.0 Å². The van der Waals surface area contributed by atoms with Gasteiger partial charge in [-0.15, -0.1) is 0 Å². The van der Waals surface area contributed by atoms with Crippen molar-refractivity contribution in [1.82, 2.24) is 19.9 Å². The Kier molecular flexibility index (Phi) is 2.95. The smallest absolute Gasteiger partial charge is 0.274 e. The molecule has 0 radical (unpaired) electrons. The summed E-state index contributed by atoms with van der Waals surface area (Å²) in [7, 11) is 0. The molecule has 3 heterocycles. The maximum absolute atomic E-state index is 12.1. The Morgan fingerprint density at radius 1 is 1.21 bits per heavy atom. The minimum Gasteiger partial charge on any atom is -0.336 e. The molecule has 0 saturated carbocycles. The van der Waals surface area contributed by atoms with Gasteiger partial charge in [-0.2, -0.15) is 0 Å². The molecule has 1 aliphatic heterocycles. The van der Waals surface area contributed by atoms with E-state index in [-0.39, 0.29) is 5.91 Å². The van der Waals surface area contributed by atoms with Crippen LogP contribution in [0.1, 0.15) is 27.7 Å². The van der Waals surface area contributed by atoms with Crippen LogP contribution in [0.3, 0.4) is 0 Å². The van der Waals surface area contributed by atoms with Crippen molar-refractivity contribution < 1.29 is 4.79 Å². The van der Waals surface area contributed by atoms with Gasteiger partial charge in [0, 0.05) is 37.6 Å². The molecule has 19 heavy (non-hydrogen) atoms. The summed E-state index contributed by atoms with van der Waals surface area (Å²) < 4.78 is 0. The fraction of sp³-hybridized carbons (Fsp3) is 0.286. The van der Waals surface area contributed by atoms with Crippen LogP contribution in [0.25, 0.3) is 0 Å². The first-order chi connectivity index (χ1) is 9.24. The molecule has 5 nitrogen and oxygen atoms in total. The van der Waals surface area contributed by atoms with E-state index < -0.39 is 0 Å². The van der Waals surface area contributed by atoms with Crippen molar-refractivity contribution in [2.45, 2.75) is 12.8 Å². The Morgan fingerprint density at radius 2 is 1.95 bits per heavy atom. The van der Waals surface area contributed by atoms with Crippen LogP contribution in [0.5, 0.6) is 0 Å². The van der Waals surface area contributed by atoms with Crippen molar-refractivity contribution in [1.29, 1.82) is 0 Å². The second-order valence-corrected chi connectivity index (χ2v) is 4.73. The zero-order chi connectivity index (χ0) is 13.2. The Bertz CT molecular complexity index is 576. The van der Waals surface area contributed by atoms with E-state index in [9.17, 15) is 4.79 Å². The van der Waals surface area contributed by atoms with Crippen molar-refractivity contribution in [2.24, 2.45) is 0 Å². The van der Waals surface area contributed by atoms with Crippen molar-refractivity contribution in [3.05, 3.63) is 53.9 Å². The van der Waals surface area contributed by atoms with Crippen molar-refractivity contribution in [3.63, 3.8) is 0 Å². The lowest BCUT2D eigenvalue weighted by atomic mass is 9.92. The molecule has 0 bridgehead atoms. The highest BCUT2D eigenvalue weighted by molar-refractivity contribution is 5.92. The molecule has 0 unspecified atom stereocenters. The molecule has 0 atom stereocenters. The largest absolute Gasteiger partial charge is 0.336 e. The molecule has 1 saturated heterocycles. The third-order valence-corrected chi connectivity index (χ3v) is 3.35. The molecule has 0 aromatic carbocycles. The van der Waals surface area contributed by atoms with E-state index in [1.54, 1.807) is 23.5 Å². The summed E-state index contributed by atoms with van der Waals surface area (Å²) in [4.78, 5) is 26.1. The van der Waals surface area contributed by atoms with Crippen LogP contribution in [0, 0.1) is 6.92 Å². The number of hydrogen-bond acceptors (Lipinski definition) is 4. The Hall–Kier alpha value is -2.30. The highest BCUT2D eigenvalue weighted by Gasteiger charge is 2.32. The SMILES string of the molecule is Cc1cnc(C(=O)N2CC(c3ccncc3)C2)cn1. The third-order valence-electron chi connectivity index (χ3n) is 3.35. The van der Waals surface area contributed by atoms with Crippen LogP contribution in [0.2, 0.25) is 0 Å². The summed E-state index contributed by atoms with van der Waals surface area (Å²) in [6, 6.07) is 4.00. The molecule has 1 fully saturated rings. The standard InChI is InChI=1S/C14H14N4O/c1-10-6-17-13(7-16-10)14(19)18-8-12(9-18)11-2-4-15-5-3-11/h2-7,12H,8-9H2,1H3. The lowest BCUT2D eigenvalue weighted by Crippen LogP contribution is -2.48. The van der Waals surface area contributed by atoms with Gasteiger partial charge in [0.2, 0.25) is 0 Å². The number of amides is 1. The van der Waals surface area contributed by atoms with Crippen LogP contribution < -0.4 is 0 Å². The zero-order valence-electron chi connectivity index (χ0n) is 10.7. The predicted octanol–water partition coefficient (Wildman–Crippen LogP) is 1.42. The predicted molar refractivity (Wildman–Crippen MR) is 69.7 cm³/mol. The van der Waals surface area contributed by atoms with Gasteiger partial charge in [0.1, 0.15) is 5.69 Å². The van der Waals surface area contributed by atoms with Gasteiger partial charge in [-0.05, 0) is 24.6 Å². The molecule has 1 aliphatic rings. The normalized spacial score (nSPS) is 15.1. The molecule has 96 valence electrons. The average molecular weight is 254 g/mol. The summed E-state index contributed by atoms with van der Waals surface area (Å²) in [6.45, 7) is 3.32. The maximum atomic E-state index is 12.1. The van der Waals surface area contributed by atoms with E-state index >= 15 is 0 Å². The molecule has 0 aliphatic carbocycles. The summed E-state index contributed by atoms with van der Waals surface area (Å²) in [6.07, 6.45) is 6.72. The molecule has 0 spiro atoms. The molecule has 3 rings (SSSR count). The highest BCUT2D eigenvalue weighted by atomic mass is 16.2. The van der Waals surface area contributed by atoms with Crippen LogP contribution >= 0.6 is 0 Å². The average Bonchev–Trinajstić information content (AvgIpc) is 2.39. The zero-order valence-corrected chi connectivity index (χ0v) is 10.7. The van der Waals surface area contributed by atoms with Gasteiger partial charge in [-0.25, -0.2) is 4.98 Å². The summed E-state index contributed by atoms with van der Waals surface area (Å²) in [5.41, 5.74) is 2.46. The fourth-order valence-electron chi connectivity index (χ4n) is 2.16. The molecule has 2 aromatic heterocycles. The second kappa shape index (κ2) is 4.76. The van der Waals surface area contributed by atoms with Gasteiger partial charge in [-0.3, -0.25) is 14.8 Å². The van der Waals surface area contributed by atoms with Crippen molar-refractivity contribution in [3.8, 4) is 0 Å². The molecular formula is C14H14N4O. The number of aryl methyl sites for hydroxylation is 1. The minimum atomic E-state index is -0.0437. The van der Waals surface area contributed by atoms with Gasteiger partial charge < -0.3 is 4.90 Å². The Labute approximate surface area is 111 Å². The topological polar surface area (TPSA) is 59.0 Å². The molecular weight excluding hydrogens is 240 g/mol. The quantitative estimate of drug-likeness (QED) is 0.813. The second-order valence-electron chi connectivity index (χ2n) is 4.73. The summed E-state index contributed by atoms with van der Waals surface area (Å²) >= 11 is 0. The maximum Gasteiger partial charge on any atom is 0.274 e. The van der Waals surface area contributed by atoms with E-state index in [4.69, 9.17) is 0 Å². The Balaban J connectivity index is 1.64. The minimum absolute atomic E-state index is 0.0437. The summed E-state index contributed by atoms with van der Waals surface area (Å²) in [5, 5.41) is 0. The number of likely N-dealkylation sites (tertiary alicyclic amines) is 1. The monoisotopic (exact) mass is 254 g/mol. The Morgan fingerprint density at radius 3 is 2.58 bits per heavy atom. The van der Waals surface area contributed by atoms with E-state index in [0.29, 0.717) is 11.6 Å². The van der Waals surface area contributed by atoms with Crippen LogP contribution in [0.4, 0.5) is 0 Å². The number of aromatic nitrogens is 3. The van der Waals surface area contributed by atoms with Gasteiger partial charge in [0.15, 0.2) is 0 Å². The first kappa shape index (κ1) is 11.8. The van der Waals surface area contributed by atoms with Crippen molar-refractivity contribution >= 4 is 5.91 Å². The lowest BCUT2D eigenvalue weighted by molar-refractivity contribution is 0.0595. The first-order valence-electron chi connectivity index (χ1n) is 6.22. The van der Waals surface area contributed by atoms with Crippen molar-refractivity contribution in [2.75, 3.05) is 13.1 Å². The van der Waals surface area contributed by atoms with E-state index in [1.165, 1.54) is 11.8 Å². The lowest BCUT2D eigenvalue weighted by Gasteiger charge is -2.39. The number of carbonyl (C=O) groups is 1. The molecule has 1 amide bonds. The van der Waals surface area contributed by atoms with Gasteiger partial charge in [0.25, 0.3) is 5.91 Å². The van der Waals surface area contributed by atoms with Gasteiger partial charge in [-0.1, -0.05) is 0 Å². The number of nitrogens with zero attached hydrogens (tertiary/aromatic N) is 4. The highest BCUT2D eigenvalue weighted by Crippen LogP contribution is 2.27. The van der Waals surface area contributed by atoms with Crippen LogP contribution in [0.15, 0.2) is 36.9 Å².